The van der Waals surface area contributed by atoms with Gasteiger partial charge in [-0.25, -0.2) is 0 Å². The van der Waals surface area contributed by atoms with E-state index in [-0.39, 0.29) is 11.8 Å². The maximum absolute atomic E-state index is 13.2. The lowest BCUT2D eigenvalue weighted by Gasteiger charge is -2.34. The third-order valence-electron chi connectivity index (χ3n) is 5.07. The predicted molar refractivity (Wildman–Crippen MR) is 102 cm³/mol. The van der Waals surface area contributed by atoms with Gasteiger partial charge in [0.25, 0.3) is 11.8 Å². The Labute approximate surface area is 160 Å². The molecular formula is C20H27N3O4. The van der Waals surface area contributed by atoms with Gasteiger partial charge in [0, 0.05) is 52.0 Å². The Bertz CT molecular complexity index is 738. The van der Waals surface area contributed by atoms with E-state index < -0.39 is 0 Å². The number of likely N-dealkylation sites (N-methyl/N-ethyl adjacent to an activating group) is 1. The van der Waals surface area contributed by atoms with E-state index in [0.29, 0.717) is 42.2 Å². The molecule has 2 aliphatic heterocycles. The molecule has 2 heterocycles. The summed E-state index contributed by atoms with van der Waals surface area (Å²) in [6.07, 6.45) is 0.614. The van der Waals surface area contributed by atoms with Crippen molar-refractivity contribution in [1.29, 1.82) is 0 Å². The minimum absolute atomic E-state index is 0.221. The van der Waals surface area contributed by atoms with Gasteiger partial charge in [-0.15, -0.1) is 0 Å². The highest BCUT2D eigenvalue weighted by atomic mass is 16.5. The smallest absolute Gasteiger partial charge is 0.277 e. The van der Waals surface area contributed by atoms with Crippen LogP contribution >= 0.6 is 0 Å². The molecule has 0 unspecified atom stereocenters. The van der Waals surface area contributed by atoms with Gasteiger partial charge in [0.2, 0.25) is 0 Å². The number of rotatable bonds is 7. The van der Waals surface area contributed by atoms with Crippen LogP contribution in [-0.4, -0.2) is 87.1 Å². The van der Waals surface area contributed by atoms with Crippen LogP contribution in [-0.2, 0) is 14.3 Å². The summed E-state index contributed by atoms with van der Waals surface area (Å²) in [7, 11) is 5.25. The molecule has 3 rings (SSSR count). The summed E-state index contributed by atoms with van der Waals surface area (Å²) in [6.45, 7) is 4.00. The summed E-state index contributed by atoms with van der Waals surface area (Å²) in [4.78, 5) is 32.0. The van der Waals surface area contributed by atoms with Crippen LogP contribution in [0.15, 0.2) is 30.0 Å². The Morgan fingerprint density at radius 1 is 1.00 bits per heavy atom. The Kier molecular flexibility index (Phi) is 6.13. The fourth-order valence-corrected chi connectivity index (χ4v) is 3.55. The van der Waals surface area contributed by atoms with E-state index in [9.17, 15) is 9.59 Å². The van der Waals surface area contributed by atoms with E-state index in [1.54, 1.807) is 14.2 Å². The number of para-hydroxylation sites is 1. The van der Waals surface area contributed by atoms with Crippen LogP contribution < -0.4 is 4.74 Å². The number of methoxy groups -OCH3 is 2. The van der Waals surface area contributed by atoms with Crippen molar-refractivity contribution >= 4 is 17.4 Å². The molecule has 1 aromatic carbocycles. The molecule has 27 heavy (non-hydrogen) atoms. The van der Waals surface area contributed by atoms with Crippen LogP contribution in [0.3, 0.4) is 0 Å². The normalized spacial score (nSPS) is 18.6. The van der Waals surface area contributed by atoms with E-state index >= 15 is 0 Å². The molecule has 0 aromatic heterocycles. The van der Waals surface area contributed by atoms with E-state index in [2.05, 4.69) is 11.9 Å². The van der Waals surface area contributed by atoms with E-state index in [0.717, 1.165) is 26.2 Å². The Hall–Kier alpha value is -2.38. The highest BCUT2D eigenvalue weighted by Crippen LogP contribution is 2.36. The zero-order valence-corrected chi connectivity index (χ0v) is 16.2. The van der Waals surface area contributed by atoms with Crippen LogP contribution in [0, 0.1) is 0 Å². The number of hydrogen-bond acceptors (Lipinski definition) is 6. The number of imide groups is 1. The summed E-state index contributed by atoms with van der Waals surface area (Å²) in [5, 5.41) is 0. The second kappa shape index (κ2) is 8.54. The molecule has 0 bridgehead atoms. The first kappa shape index (κ1) is 19.4. The van der Waals surface area contributed by atoms with E-state index in [1.165, 1.54) is 4.90 Å². The summed E-state index contributed by atoms with van der Waals surface area (Å²) in [5.74, 6) is 0.120. The topological polar surface area (TPSA) is 62.3 Å². The van der Waals surface area contributed by atoms with Crippen molar-refractivity contribution in [2.24, 2.45) is 0 Å². The van der Waals surface area contributed by atoms with Crippen LogP contribution in [0.2, 0.25) is 0 Å². The first-order chi connectivity index (χ1) is 13.1. The van der Waals surface area contributed by atoms with Gasteiger partial charge in [0.1, 0.15) is 11.4 Å². The minimum Gasteiger partial charge on any atom is -0.496 e. The number of piperazine rings is 1. The molecule has 1 aromatic rings. The molecule has 2 aliphatic rings. The Morgan fingerprint density at radius 3 is 2.37 bits per heavy atom. The van der Waals surface area contributed by atoms with Crippen molar-refractivity contribution in [2.75, 3.05) is 60.6 Å². The van der Waals surface area contributed by atoms with Crippen LogP contribution in [0.5, 0.6) is 5.75 Å². The van der Waals surface area contributed by atoms with E-state index in [4.69, 9.17) is 9.47 Å². The third kappa shape index (κ3) is 3.84. The Morgan fingerprint density at radius 2 is 1.70 bits per heavy atom. The molecule has 0 N–H and O–H groups in total. The highest BCUT2D eigenvalue weighted by Gasteiger charge is 2.42. The SMILES string of the molecule is COCCCN1C(=O)C(c2ccccc2OC)=C(N2CCN(C)CC2)C1=O. The molecule has 7 nitrogen and oxygen atoms in total. The fraction of sp³-hybridized carbons (Fsp3) is 0.500. The van der Waals surface area contributed by atoms with Gasteiger partial charge < -0.3 is 19.3 Å². The lowest BCUT2D eigenvalue weighted by atomic mass is 10.0. The average Bonchev–Trinajstić information content (AvgIpc) is 2.93. The number of carbonyl (C=O) groups excluding carboxylic acids is 2. The van der Waals surface area contributed by atoms with Crippen molar-refractivity contribution in [3.05, 3.63) is 35.5 Å². The zero-order valence-electron chi connectivity index (χ0n) is 16.2. The lowest BCUT2D eigenvalue weighted by Crippen LogP contribution is -2.46. The largest absolute Gasteiger partial charge is 0.496 e. The second-order valence-electron chi connectivity index (χ2n) is 6.82. The van der Waals surface area contributed by atoms with Crippen molar-refractivity contribution in [2.45, 2.75) is 6.42 Å². The van der Waals surface area contributed by atoms with Gasteiger partial charge in [-0.1, -0.05) is 18.2 Å². The zero-order chi connectivity index (χ0) is 19.4. The molecule has 7 heteroatoms. The molecule has 0 radical (unpaired) electrons. The van der Waals surface area contributed by atoms with Crippen molar-refractivity contribution in [3.8, 4) is 5.75 Å². The maximum Gasteiger partial charge on any atom is 0.277 e. The van der Waals surface area contributed by atoms with Crippen molar-refractivity contribution < 1.29 is 19.1 Å². The second-order valence-corrected chi connectivity index (χ2v) is 6.82. The number of hydrogen-bond donors (Lipinski definition) is 0. The van der Waals surface area contributed by atoms with Gasteiger partial charge in [-0.05, 0) is 19.5 Å². The van der Waals surface area contributed by atoms with Gasteiger partial charge in [0.05, 0.1) is 12.7 Å². The number of benzene rings is 1. The fourth-order valence-electron chi connectivity index (χ4n) is 3.55. The summed E-state index contributed by atoms with van der Waals surface area (Å²) >= 11 is 0. The average molecular weight is 373 g/mol. The lowest BCUT2D eigenvalue weighted by molar-refractivity contribution is -0.137. The molecule has 146 valence electrons. The first-order valence-electron chi connectivity index (χ1n) is 9.24. The van der Waals surface area contributed by atoms with Gasteiger partial charge in [-0.2, -0.15) is 0 Å². The van der Waals surface area contributed by atoms with Crippen LogP contribution in [0.25, 0.3) is 5.57 Å². The number of carbonyl (C=O) groups is 2. The Balaban J connectivity index is 2.01. The monoisotopic (exact) mass is 373 g/mol. The summed E-state index contributed by atoms with van der Waals surface area (Å²) in [6, 6.07) is 7.37. The molecule has 0 atom stereocenters. The first-order valence-corrected chi connectivity index (χ1v) is 9.24. The molecule has 1 fully saturated rings. The summed E-state index contributed by atoms with van der Waals surface area (Å²) in [5.41, 5.74) is 1.61. The van der Waals surface area contributed by atoms with Crippen LogP contribution in [0.1, 0.15) is 12.0 Å². The van der Waals surface area contributed by atoms with Gasteiger partial charge >= 0.3 is 0 Å². The summed E-state index contributed by atoms with van der Waals surface area (Å²) < 4.78 is 10.5. The van der Waals surface area contributed by atoms with Gasteiger partial charge in [0.15, 0.2) is 0 Å². The van der Waals surface area contributed by atoms with Crippen molar-refractivity contribution in [3.63, 3.8) is 0 Å². The molecule has 2 amide bonds. The maximum atomic E-state index is 13.2. The van der Waals surface area contributed by atoms with Gasteiger partial charge in [-0.3, -0.25) is 14.5 Å². The molecule has 0 spiro atoms. The number of ether oxygens (including phenoxy) is 2. The number of amides is 2. The standard InChI is InChI=1S/C20H27N3O4/c1-21-10-12-22(13-11-21)18-17(15-7-4-5-8-16(15)27-3)19(24)23(20(18)25)9-6-14-26-2/h4-5,7-8H,6,9-14H2,1-3H3. The molecule has 0 saturated carbocycles. The predicted octanol–water partition coefficient (Wildman–Crippen LogP) is 1.06. The molecule has 1 saturated heterocycles. The minimum atomic E-state index is -0.255. The highest BCUT2D eigenvalue weighted by molar-refractivity contribution is 6.36. The van der Waals surface area contributed by atoms with Crippen molar-refractivity contribution in [1.82, 2.24) is 14.7 Å². The quantitative estimate of drug-likeness (QED) is 0.526. The third-order valence-corrected chi connectivity index (χ3v) is 5.07. The van der Waals surface area contributed by atoms with Crippen LogP contribution in [0.4, 0.5) is 0 Å². The number of nitrogens with zero attached hydrogens (tertiary/aromatic N) is 3. The van der Waals surface area contributed by atoms with E-state index in [1.807, 2.05) is 29.2 Å². The molecule has 0 aliphatic carbocycles. The molecular weight excluding hydrogens is 346 g/mol.